The van der Waals surface area contributed by atoms with E-state index in [1.165, 1.54) is 26.2 Å². The molecule has 0 spiro atoms. The van der Waals surface area contributed by atoms with Gasteiger partial charge in [0.25, 0.3) is 5.91 Å². The third-order valence-corrected chi connectivity index (χ3v) is 5.61. The van der Waals surface area contributed by atoms with Gasteiger partial charge in [0.15, 0.2) is 6.61 Å². The van der Waals surface area contributed by atoms with Gasteiger partial charge < -0.3 is 10.1 Å². The van der Waals surface area contributed by atoms with Crippen LogP contribution in [0.1, 0.15) is 25.3 Å². The second-order valence-corrected chi connectivity index (χ2v) is 8.50. The van der Waals surface area contributed by atoms with Crippen molar-refractivity contribution in [1.82, 2.24) is 4.31 Å². The molecule has 26 heavy (non-hydrogen) atoms. The summed E-state index contributed by atoms with van der Waals surface area (Å²) >= 11 is 0. The van der Waals surface area contributed by atoms with Crippen molar-refractivity contribution >= 4 is 21.6 Å². The van der Waals surface area contributed by atoms with Crippen LogP contribution in [-0.4, -0.2) is 39.3 Å². The molecular formula is C19H24N2O4S. The number of carbonyl (C=O) groups is 1. The Morgan fingerprint density at radius 2 is 1.81 bits per heavy atom. The molecule has 0 aliphatic rings. The predicted octanol–water partition coefficient (Wildman–Crippen LogP) is 3.08. The lowest BCUT2D eigenvalue weighted by atomic mass is 10.0. The lowest BCUT2D eigenvalue weighted by Gasteiger charge is -2.14. The summed E-state index contributed by atoms with van der Waals surface area (Å²) in [4.78, 5) is 12.3. The summed E-state index contributed by atoms with van der Waals surface area (Å²) in [6.07, 6.45) is 0. The Morgan fingerprint density at radius 3 is 2.46 bits per heavy atom. The topological polar surface area (TPSA) is 75.7 Å². The van der Waals surface area contributed by atoms with E-state index < -0.39 is 10.0 Å². The average Bonchev–Trinajstić information content (AvgIpc) is 2.60. The number of amides is 1. The quantitative estimate of drug-likeness (QED) is 0.806. The molecule has 0 aliphatic carbocycles. The van der Waals surface area contributed by atoms with Crippen molar-refractivity contribution in [2.24, 2.45) is 0 Å². The third-order valence-electron chi connectivity index (χ3n) is 3.80. The van der Waals surface area contributed by atoms with E-state index in [9.17, 15) is 13.2 Å². The van der Waals surface area contributed by atoms with E-state index in [0.29, 0.717) is 11.4 Å². The Hall–Kier alpha value is -2.38. The summed E-state index contributed by atoms with van der Waals surface area (Å²) in [5, 5.41) is 2.67. The second kappa shape index (κ2) is 8.33. The molecule has 0 aliphatic heterocycles. The summed E-state index contributed by atoms with van der Waals surface area (Å²) in [7, 11) is -0.637. The van der Waals surface area contributed by atoms with E-state index >= 15 is 0 Å². The van der Waals surface area contributed by atoms with E-state index in [-0.39, 0.29) is 23.3 Å². The molecule has 0 radical (unpaired) electrons. The average molecular weight is 376 g/mol. The highest BCUT2D eigenvalue weighted by Gasteiger charge is 2.17. The zero-order valence-corrected chi connectivity index (χ0v) is 16.2. The molecule has 0 aromatic heterocycles. The number of carbonyl (C=O) groups excluding carboxylic acids is 1. The standard InChI is InChI=1S/C19H24N2O4S/c1-14(2)17-10-5-6-11-18(17)25-13-19(22)20-15-8-7-9-16(12-15)26(23,24)21(3)4/h5-12,14H,13H2,1-4H3,(H,20,22). The first-order chi connectivity index (χ1) is 12.2. The summed E-state index contributed by atoms with van der Waals surface area (Å²) in [6.45, 7) is 3.95. The molecule has 0 heterocycles. The summed E-state index contributed by atoms with van der Waals surface area (Å²) in [5.74, 6) is 0.590. The smallest absolute Gasteiger partial charge is 0.262 e. The third kappa shape index (κ3) is 4.83. The molecule has 0 atom stereocenters. The maximum Gasteiger partial charge on any atom is 0.262 e. The van der Waals surface area contributed by atoms with Crippen molar-refractivity contribution in [3.05, 3.63) is 54.1 Å². The highest BCUT2D eigenvalue weighted by atomic mass is 32.2. The highest BCUT2D eigenvalue weighted by Crippen LogP contribution is 2.25. The van der Waals surface area contributed by atoms with Crippen LogP contribution in [0.3, 0.4) is 0 Å². The SMILES string of the molecule is CC(C)c1ccccc1OCC(=O)Nc1cccc(S(=O)(=O)N(C)C)c1. The molecule has 0 unspecified atom stereocenters. The Bertz CT molecular complexity index is 877. The Labute approximate surface area is 154 Å². The van der Waals surface area contributed by atoms with E-state index in [2.05, 4.69) is 19.2 Å². The minimum absolute atomic E-state index is 0.117. The lowest BCUT2D eigenvalue weighted by molar-refractivity contribution is -0.118. The fraction of sp³-hybridized carbons (Fsp3) is 0.316. The molecule has 0 saturated heterocycles. The van der Waals surface area contributed by atoms with Crippen molar-refractivity contribution in [3.8, 4) is 5.75 Å². The monoisotopic (exact) mass is 376 g/mol. The molecule has 7 heteroatoms. The van der Waals surface area contributed by atoms with Crippen LogP contribution in [0.2, 0.25) is 0 Å². The van der Waals surface area contributed by atoms with E-state index in [0.717, 1.165) is 9.87 Å². The zero-order chi connectivity index (χ0) is 19.3. The minimum atomic E-state index is -3.55. The van der Waals surface area contributed by atoms with Gasteiger partial charge in [0, 0.05) is 19.8 Å². The first-order valence-corrected chi connectivity index (χ1v) is 9.70. The van der Waals surface area contributed by atoms with E-state index in [4.69, 9.17) is 4.74 Å². The van der Waals surface area contributed by atoms with Crippen molar-refractivity contribution in [2.75, 3.05) is 26.0 Å². The van der Waals surface area contributed by atoms with Crippen LogP contribution in [0, 0.1) is 0 Å². The van der Waals surface area contributed by atoms with Crippen molar-refractivity contribution in [3.63, 3.8) is 0 Å². The molecule has 1 N–H and O–H groups in total. The number of ether oxygens (including phenoxy) is 1. The molecule has 0 bridgehead atoms. The van der Waals surface area contributed by atoms with Gasteiger partial charge in [-0.15, -0.1) is 0 Å². The van der Waals surface area contributed by atoms with Gasteiger partial charge in [-0.3, -0.25) is 4.79 Å². The first kappa shape index (κ1) is 19.9. The molecule has 0 saturated carbocycles. The van der Waals surface area contributed by atoms with Crippen LogP contribution in [0.15, 0.2) is 53.4 Å². The van der Waals surface area contributed by atoms with E-state index in [1.54, 1.807) is 12.1 Å². The van der Waals surface area contributed by atoms with Gasteiger partial charge in [-0.1, -0.05) is 38.1 Å². The molecule has 2 rings (SSSR count). The van der Waals surface area contributed by atoms with Crippen LogP contribution in [-0.2, 0) is 14.8 Å². The number of nitrogens with one attached hydrogen (secondary N) is 1. The Kier molecular flexibility index (Phi) is 6.39. The van der Waals surface area contributed by atoms with Gasteiger partial charge in [-0.05, 0) is 35.7 Å². The summed E-state index contributed by atoms with van der Waals surface area (Å²) in [5.41, 5.74) is 1.43. The maximum atomic E-state index is 12.2. The van der Waals surface area contributed by atoms with Crippen LogP contribution < -0.4 is 10.1 Å². The van der Waals surface area contributed by atoms with Gasteiger partial charge in [-0.25, -0.2) is 12.7 Å². The minimum Gasteiger partial charge on any atom is -0.483 e. The van der Waals surface area contributed by atoms with Gasteiger partial charge in [0.2, 0.25) is 10.0 Å². The van der Waals surface area contributed by atoms with Gasteiger partial charge in [0.1, 0.15) is 5.75 Å². The number of benzene rings is 2. The number of anilines is 1. The number of rotatable bonds is 7. The molecule has 2 aromatic carbocycles. The van der Waals surface area contributed by atoms with Crippen LogP contribution in [0.25, 0.3) is 0 Å². The molecular weight excluding hydrogens is 352 g/mol. The van der Waals surface area contributed by atoms with Crippen molar-refractivity contribution in [2.45, 2.75) is 24.7 Å². The molecule has 0 fully saturated rings. The Morgan fingerprint density at radius 1 is 1.12 bits per heavy atom. The van der Waals surface area contributed by atoms with Crippen LogP contribution in [0.5, 0.6) is 5.75 Å². The maximum absolute atomic E-state index is 12.2. The number of hydrogen-bond acceptors (Lipinski definition) is 4. The van der Waals surface area contributed by atoms with Gasteiger partial charge >= 0.3 is 0 Å². The first-order valence-electron chi connectivity index (χ1n) is 8.26. The van der Waals surface area contributed by atoms with Crippen molar-refractivity contribution in [1.29, 1.82) is 0 Å². The normalized spacial score (nSPS) is 11.6. The molecule has 6 nitrogen and oxygen atoms in total. The second-order valence-electron chi connectivity index (χ2n) is 6.34. The van der Waals surface area contributed by atoms with Crippen LogP contribution >= 0.6 is 0 Å². The fourth-order valence-corrected chi connectivity index (χ4v) is 3.32. The summed E-state index contributed by atoms with van der Waals surface area (Å²) < 4.78 is 31.1. The van der Waals surface area contributed by atoms with Gasteiger partial charge in [-0.2, -0.15) is 0 Å². The number of para-hydroxylation sites is 1. The number of sulfonamides is 1. The molecule has 1 amide bonds. The van der Waals surface area contributed by atoms with E-state index in [1.807, 2.05) is 24.3 Å². The summed E-state index contributed by atoms with van der Waals surface area (Å²) in [6, 6.07) is 13.7. The molecule has 2 aromatic rings. The number of nitrogens with zero attached hydrogens (tertiary/aromatic N) is 1. The lowest BCUT2D eigenvalue weighted by Crippen LogP contribution is -2.23. The number of hydrogen-bond donors (Lipinski definition) is 1. The largest absolute Gasteiger partial charge is 0.483 e. The molecule has 140 valence electrons. The Balaban J connectivity index is 2.05. The van der Waals surface area contributed by atoms with Gasteiger partial charge in [0.05, 0.1) is 4.90 Å². The highest BCUT2D eigenvalue weighted by molar-refractivity contribution is 7.89. The van der Waals surface area contributed by atoms with Crippen LogP contribution in [0.4, 0.5) is 5.69 Å². The zero-order valence-electron chi connectivity index (χ0n) is 15.4. The fourth-order valence-electron chi connectivity index (χ4n) is 2.37. The van der Waals surface area contributed by atoms with Crippen molar-refractivity contribution < 1.29 is 17.9 Å². The predicted molar refractivity (Wildman–Crippen MR) is 102 cm³/mol.